The summed E-state index contributed by atoms with van der Waals surface area (Å²) < 4.78 is 27.3. The summed E-state index contributed by atoms with van der Waals surface area (Å²) in [5.41, 5.74) is 1.95. The van der Waals surface area contributed by atoms with Crippen LogP contribution in [-0.2, 0) is 6.42 Å². The first-order chi connectivity index (χ1) is 10.0. The van der Waals surface area contributed by atoms with Gasteiger partial charge in [0, 0.05) is 10.4 Å². The van der Waals surface area contributed by atoms with Crippen LogP contribution in [0.25, 0.3) is 11.0 Å². The number of nitrogens with one attached hydrogen (secondary N) is 2. The molecule has 2 aromatic carbocycles. The molecule has 1 aromatic heterocycles. The molecule has 0 bridgehead atoms. The smallest absolute Gasteiger partial charge is 0.306 e. The normalized spacial score (nSPS) is 12.7. The predicted octanol–water partition coefficient (Wildman–Crippen LogP) is 3.81. The molecule has 3 aromatic rings. The van der Waals surface area contributed by atoms with Crippen LogP contribution in [0.3, 0.4) is 0 Å². The fraction of sp³-hybridized carbons (Fsp3) is 0.133. The lowest BCUT2D eigenvalue weighted by atomic mass is 10.0. The molecule has 0 aliphatic heterocycles. The van der Waals surface area contributed by atoms with Crippen LogP contribution in [0.15, 0.2) is 41.2 Å². The number of benzene rings is 2. The lowest BCUT2D eigenvalue weighted by Gasteiger charge is -2.12. The molecule has 1 heterocycles. The maximum Gasteiger partial charge on any atom is 0.323 e. The van der Waals surface area contributed by atoms with Crippen molar-refractivity contribution in [1.29, 1.82) is 0 Å². The van der Waals surface area contributed by atoms with Crippen molar-refractivity contribution >= 4 is 27.0 Å². The third kappa shape index (κ3) is 2.76. The van der Waals surface area contributed by atoms with Crippen LogP contribution in [0.1, 0.15) is 16.0 Å². The van der Waals surface area contributed by atoms with Crippen LogP contribution in [0.5, 0.6) is 0 Å². The Kier molecular flexibility index (Phi) is 3.63. The second-order valence-corrected chi connectivity index (χ2v) is 5.86. The molecular formula is C15H11BrF2N2O. The Bertz CT molecular complexity index is 836. The number of halogens is 3. The molecule has 1 atom stereocenters. The molecule has 6 heteroatoms. The zero-order valence-electron chi connectivity index (χ0n) is 10.8. The number of hydrogen-bond donors (Lipinski definition) is 2. The van der Waals surface area contributed by atoms with Gasteiger partial charge in [-0.3, -0.25) is 0 Å². The summed E-state index contributed by atoms with van der Waals surface area (Å²) in [5.74, 6) is -1.12. The van der Waals surface area contributed by atoms with Gasteiger partial charge in [0.2, 0.25) is 0 Å². The van der Waals surface area contributed by atoms with Gasteiger partial charge in [-0.05, 0) is 36.2 Å². The third-order valence-electron chi connectivity index (χ3n) is 3.35. The molecule has 0 saturated carbocycles. The number of aromatic amines is 2. The molecule has 0 spiro atoms. The van der Waals surface area contributed by atoms with E-state index in [4.69, 9.17) is 0 Å². The highest BCUT2D eigenvalue weighted by Crippen LogP contribution is 2.30. The molecule has 0 amide bonds. The summed E-state index contributed by atoms with van der Waals surface area (Å²) >= 11 is 3.45. The van der Waals surface area contributed by atoms with Crippen LogP contribution in [0, 0.1) is 11.6 Å². The number of H-pyrrole nitrogens is 2. The SMILES string of the molecule is O=c1[nH]c2ccc(C(Br)Cc3c(F)cccc3F)cc2[nH]1. The van der Waals surface area contributed by atoms with Gasteiger partial charge >= 0.3 is 5.69 Å². The summed E-state index contributed by atoms with van der Waals surface area (Å²) in [5, 5.41) is 0. The average molecular weight is 353 g/mol. The zero-order chi connectivity index (χ0) is 15.0. The van der Waals surface area contributed by atoms with Crippen LogP contribution >= 0.6 is 15.9 Å². The average Bonchev–Trinajstić information content (AvgIpc) is 2.81. The number of alkyl halides is 1. The van der Waals surface area contributed by atoms with Gasteiger partial charge in [-0.2, -0.15) is 0 Å². The van der Waals surface area contributed by atoms with Crippen LogP contribution in [0.4, 0.5) is 8.78 Å². The Balaban J connectivity index is 1.93. The van der Waals surface area contributed by atoms with E-state index in [0.29, 0.717) is 11.0 Å². The first kappa shape index (κ1) is 14.0. The number of rotatable bonds is 3. The van der Waals surface area contributed by atoms with Crippen molar-refractivity contribution in [2.24, 2.45) is 0 Å². The van der Waals surface area contributed by atoms with Gasteiger partial charge in [-0.1, -0.05) is 28.1 Å². The highest BCUT2D eigenvalue weighted by atomic mass is 79.9. The van der Waals surface area contributed by atoms with Gasteiger partial charge in [0.25, 0.3) is 0 Å². The molecule has 1 unspecified atom stereocenters. The topological polar surface area (TPSA) is 48.6 Å². The van der Waals surface area contributed by atoms with Crippen molar-refractivity contribution in [1.82, 2.24) is 9.97 Å². The fourth-order valence-corrected chi connectivity index (χ4v) is 2.88. The molecule has 0 saturated heterocycles. The summed E-state index contributed by atoms with van der Waals surface area (Å²) in [6.45, 7) is 0. The van der Waals surface area contributed by atoms with Crippen molar-refractivity contribution in [3.8, 4) is 0 Å². The molecule has 3 nitrogen and oxygen atoms in total. The van der Waals surface area contributed by atoms with E-state index in [2.05, 4.69) is 25.9 Å². The highest BCUT2D eigenvalue weighted by Gasteiger charge is 2.15. The maximum atomic E-state index is 13.7. The number of hydrogen-bond acceptors (Lipinski definition) is 1. The molecule has 0 radical (unpaired) electrons. The molecule has 0 aliphatic rings. The number of imidazole rings is 1. The Morgan fingerprint density at radius 1 is 1.05 bits per heavy atom. The first-order valence-electron chi connectivity index (χ1n) is 6.33. The lowest BCUT2D eigenvalue weighted by molar-refractivity contribution is 0.554. The van der Waals surface area contributed by atoms with Crippen LogP contribution < -0.4 is 5.69 Å². The van der Waals surface area contributed by atoms with E-state index >= 15 is 0 Å². The van der Waals surface area contributed by atoms with Crippen molar-refractivity contribution < 1.29 is 8.78 Å². The van der Waals surface area contributed by atoms with E-state index < -0.39 is 11.6 Å². The Labute approximate surface area is 127 Å². The van der Waals surface area contributed by atoms with E-state index in [1.54, 1.807) is 12.1 Å². The molecule has 0 fully saturated rings. The number of fused-ring (bicyclic) bond motifs is 1. The van der Waals surface area contributed by atoms with E-state index in [1.165, 1.54) is 18.2 Å². The molecule has 0 aliphatic carbocycles. The Hall–Kier alpha value is -1.95. The second kappa shape index (κ2) is 5.44. The molecule has 2 N–H and O–H groups in total. The van der Waals surface area contributed by atoms with E-state index in [9.17, 15) is 13.6 Å². The van der Waals surface area contributed by atoms with E-state index in [1.807, 2.05) is 6.07 Å². The Morgan fingerprint density at radius 3 is 2.43 bits per heavy atom. The van der Waals surface area contributed by atoms with Gasteiger partial charge in [-0.25, -0.2) is 13.6 Å². The molecular weight excluding hydrogens is 342 g/mol. The minimum atomic E-state index is -0.560. The van der Waals surface area contributed by atoms with Gasteiger partial charge in [-0.15, -0.1) is 0 Å². The van der Waals surface area contributed by atoms with Gasteiger partial charge in [0.1, 0.15) is 11.6 Å². The van der Waals surface area contributed by atoms with Crippen molar-refractivity contribution in [2.75, 3.05) is 0 Å². The second-order valence-electron chi connectivity index (χ2n) is 4.76. The van der Waals surface area contributed by atoms with Gasteiger partial charge in [0.15, 0.2) is 0 Å². The summed E-state index contributed by atoms with van der Waals surface area (Å²) in [6, 6.07) is 9.17. The Morgan fingerprint density at radius 2 is 1.71 bits per heavy atom. The van der Waals surface area contributed by atoms with Gasteiger partial charge < -0.3 is 9.97 Å². The largest absolute Gasteiger partial charge is 0.323 e. The summed E-state index contributed by atoms with van der Waals surface area (Å²) in [6.07, 6.45) is 0.179. The lowest BCUT2D eigenvalue weighted by Crippen LogP contribution is -2.01. The minimum Gasteiger partial charge on any atom is -0.306 e. The van der Waals surface area contributed by atoms with Crippen LogP contribution in [-0.4, -0.2) is 9.97 Å². The molecule has 3 rings (SSSR count). The minimum absolute atomic E-state index is 0.0436. The number of aromatic nitrogens is 2. The van der Waals surface area contributed by atoms with Crippen molar-refractivity contribution in [3.05, 3.63) is 69.6 Å². The van der Waals surface area contributed by atoms with Crippen LogP contribution in [0.2, 0.25) is 0 Å². The first-order valence-corrected chi connectivity index (χ1v) is 7.25. The van der Waals surface area contributed by atoms with Crippen molar-refractivity contribution in [2.45, 2.75) is 11.2 Å². The third-order valence-corrected chi connectivity index (χ3v) is 4.20. The van der Waals surface area contributed by atoms with E-state index in [0.717, 1.165) is 5.56 Å². The highest BCUT2D eigenvalue weighted by molar-refractivity contribution is 9.09. The summed E-state index contributed by atoms with van der Waals surface area (Å²) in [4.78, 5) is 16.3. The maximum absolute atomic E-state index is 13.7. The molecule has 21 heavy (non-hydrogen) atoms. The summed E-state index contributed by atoms with van der Waals surface area (Å²) in [7, 11) is 0. The monoisotopic (exact) mass is 352 g/mol. The molecule has 108 valence electrons. The quantitative estimate of drug-likeness (QED) is 0.691. The fourth-order valence-electron chi connectivity index (χ4n) is 2.27. The zero-order valence-corrected chi connectivity index (χ0v) is 12.4. The standard InChI is InChI=1S/C15H11BrF2N2O/c16-10(7-9-11(17)2-1-3-12(9)18)8-4-5-13-14(6-8)20-15(21)19-13/h1-6,10H,7H2,(H2,19,20,21). The van der Waals surface area contributed by atoms with Crippen molar-refractivity contribution in [3.63, 3.8) is 0 Å². The van der Waals surface area contributed by atoms with Gasteiger partial charge in [0.05, 0.1) is 11.0 Å². The predicted molar refractivity (Wildman–Crippen MR) is 80.6 cm³/mol. The van der Waals surface area contributed by atoms with E-state index in [-0.39, 0.29) is 22.5 Å².